The zero-order valence-corrected chi connectivity index (χ0v) is 16.7. The van der Waals surface area contributed by atoms with E-state index in [0.29, 0.717) is 18.8 Å². The molecular formula is C19H24N4O4S. The van der Waals surface area contributed by atoms with E-state index in [1.165, 1.54) is 0 Å². The Morgan fingerprint density at radius 1 is 1.46 bits per heavy atom. The summed E-state index contributed by atoms with van der Waals surface area (Å²) in [5.41, 5.74) is 1.90. The monoisotopic (exact) mass is 404 g/mol. The largest absolute Gasteiger partial charge is 0.490 e. The molecule has 2 aliphatic heterocycles. The molecule has 1 unspecified atom stereocenters. The molecule has 0 spiro atoms. The highest BCUT2D eigenvalue weighted by Crippen LogP contribution is 2.41. The molecular weight excluding hydrogens is 380 g/mol. The third kappa shape index (κ3) is 3.65. The minimum Gasteiger partial charge on any atom is -0.490 e. The predicted octanol–water partition coefficient (Wildman–Crippen LogP) is 1.50. The van der Waals surface area contributed by atoms with Gasteiger partial charge in [-0.25, -0.2) is 4.98 Å². The highest BCUT2D eigenvalue weighted by atomic mass is 32.1. The van der Waals surface area contributed by atoms with E-state index in [2.05, 4.69) is 20.5 Å². The topological polar surface area (TPSA) is 107 Å². The number of nitrogens with zero attached hydrogens (tertiary/aromatic N) is 2. The molecule has 28 heavy (non-hydrogen) atoms. The maximum atomic E-state index is 12.4. The Morgan fingerprint density at radius 3 is 3.07 bits per heavy atom. The molecule has 0 bridgehead atoms. The zero-order valence-electron chi connectivity index (χ0n) is 15.9. The summed E-state index contributed by atoms with van der Waals surface area (Å²) in [6.07, 6.45) is -0.0697. The standard InChI is InChI=1S/C19H24N4O4S/c1-19(2)8-15-16(17(26)22-19)21-18(28-15)23-5-6-27-14-4-3-11(7-13(14)23)20-9-12(25)10-24/h3-4,7,12,20,24-25H,5-6,8-10H2,1-2H3,(H,22,26). The SMILES string of the molecule is CC1(C)Cc2sc(N3CCOc4ccc(NCC(O)CO)cc43)nc2C(=O)N1. The van der Waals surface area contributed by atoms with Crippen molar-refractivity contribution in [3.8, 4) is 5.75 Å². The van der Waals surface area contributed by atoms with E-state index >= 15 is 0 Å². The number of fused-ring (bicyclic) bond motifs is 2. The average molecular weight is 404 g/mol. The third-order valence-electron chi connectivity index (χ3n) is 4.76. The molecule has 0 radical (unpaired) electrons. The Bertz CT molecular complexity index is 898. The van der Waals surface area contributed by atoms with Crippen LogP contribution in [0.3, 0.4) is 0 Å². The molecule has 3 heterocycles. The predicted molar refractivity (Wildman–Crippen MR) is 108 cm³/mol. The molecule has 1 aromatic carbocycles. The van der Waals surface area contributed by atoms with Crippen molar-refractivity contribution in [1.29, 1.82) is 0 Å². The number of anilines is 3. The molecule has 1 amide bonds. The van der Waals surface area contributed by atoms with Gasteiger partial charge in [0.25, 0.3) is 5.91 Å². The Labute approximate surface area is 167 Å². The number of carbonyl (C=O) groups excluding carboxylic acids is 1. The minimum atomic E-state index is -0.823. The lowest BCUT2D eigenvalue weighted by Gasteiger charge is -2.29. The highest BCUT2D eigenvalue weighted by molar-refractivity contribution is 7.16. The summed E-state index contributed by atoms with van der Waals surface area (Å²) in [4.78, 5) is 20.1. The minimum absolute atomic E-state index is 0.129. The van der Waals surface area contributed by atoms with Crippen LogP contribution in [-0.2, 0) is 6.42 Å². The first-order chi connectivity index (χ1) is 13.4. The van der Waals surface area contributed by atoms with Gasteiger partial charge in [0.05, 0.1) is 24.9 Å². The van der Waals surface area contributed by atoms with Crippen molar-refractivity contribution in [3.63, 3.8) is 0 Å². The molecule has 0 fully saturated rings. The maximum absolute atomic E-state index is 12.4. The summed E-state index contributed by atoms with van der Waals surface area (Å²) in [7, 11) is 0. The molecule has 1 aromatic heterocycles. The third-order valence-corrected chi connectivity index (χ3v) is 5.84. The number of thiazole rings is 1. The van der Waals surface area contributed by atoms with Gasteiger partial charge in [-0.3, -0.25) is 4.79 Å². The molecule has 4 N–H and O–H groups in total. The Balaban J connectivity index is 1.64. The van der Waals surface area contributed by atoms with E-state index in [4.69, 9.17) is 9.84 Å². The van der Waals surface area contributed by atoms with Crippen LogP contribution in [0.4, 0.5) is 16.5 Å². The number of hydrogen-bond acceptors (Lipinski definition) is 8. The molecule has 2 aliphatic rings. The van der Waals surface area contributed by atoms with Crippen molar-refractivity contribution in [2.24, 2.45) is 0 Å². The number of carbonyl (C=O) groups is 1. The van der Waals surface area contributed by atoms with Gasteiger partial charge in [-0.2, -0.15) is 0 Å². The van der Waals surface area contributed by atoms with Crippen molar-refractivity contribution in [2.45, 2.75) is 31.9 Å². The molecule has 0 saturated carbocycles. The number of nitrogens with one attached hydrogen (secondary N) is 2. The van der Waals surface area contributed by atoms with E-state index in [-0.39, 0.29) is 24.6 Å². The Morgan fingerprint density at radius 2 is 2.29 bits per heavy atom. The van der Waals surface area contributed by atoms with Gasteiger partial charge in [-0.05, 0) is 32.0 Å². The van der Waals surface area contributed by atoms with Crippen LogP contribution in [0.25, 0.3) is 0 Å². The van der Waals surface area contributed by atoms with Gasteiger partial charge in [0, 0.05) is 29.1 Å². The zero-order chi connectivity index (χ0) is 19.9. The van der Waals surface area contributed by atoms with Crippen molar-refractivity contribution >= 4 is 33.8 Å². The lowest BCUT2D eigenvalue weighted by Crippen LogP contribution is -2.48. The molecule has 0 aliphatic carbocycles. The first kappa shape index (κ1) is 19.0. The van der Waals surface area contributed by atoms with Crippen molar-refractivity contribution in [1.82, 2.24) is 10.3 Å². The number of rotatable bonds is 5. The lowest BCUT2D eigenvalue weighted by molar-refractivity contribution is 0.0893. The van der Waals surface area contributed by atoms with Gasteiger partial charge >= 0.3 is 0 Å². The maximum Gasteiger partial charge on any atom is 0.271 e. The average Bonchev–Trinajstić information content (AvgIpc) is 3.08. The smallest absolute Gasteiger partial charge is 0.271 e. The van der Waals surface area contributed by atoms with E-state index in [0.717, 1.165) is 33.6 Å². The number of ether oxygens (including phenoxy) is 1. The van der Waals surface area contributed by atoms with E-state index in [1.54, 1.807) is 11.3 Å². The first-order valence-corrected chi connectivity index (χ1v) is 10.1. The molecule has 4 rings (SSSR count). The van der Waals surface area contributed by atoms with Gasteiger partial charge in [0.2, 0.25) is 0 Å². The lowest BCUT2D eigenvalue weighted by atomic mass is 9.95. The molecule has 1 atom stereocenters. The van der Waals surface area contributed by atoms with Crippen LogP contribution in [0.5, 0.6) is 5.75 Å². The van der Waals surface area contributed by atoms with Crippen molar-refractivity contribution in [3.05, 3.63) is 28.8 Å². The number of aliphatic hydroxyl groups excluding tert-OH is 2. The summed E-state index contributed by atoms with van der Waals surface area (Å²) < 4.78 is 5.77. The fourth-order valence-corrected chi connectivity index (χ4v) is 4.72. The summed E-state index contributed by atoms with van der Waals surface area (Å²) in [5, 5.41) is 25.4. The van der Waals surface area contributed by atoms with Crippen LogP contribution >= 0.6 is 11.3 Å². The first-order valence-electron chi connectivity index (χ1n) is 9.26. The molecule has 8 nitrogen and oxygen atoms in total. The normalized spacial score (nSPS) is 18.6. The van der Waals surface area contributed by atoms with Gasteiger partial charge in [0.15, 0.2) is 5.13 Å². The molecule has 9 heteroatoms. The van der Waals surface area contributed by atoms with Crippen molar-refractivity contribution < 1.29 is 19.7 Å². The van der Waals surface area contributed by atoms with Crippen molar-refractivity contribution in [2.75, 3.05) is 36.5 Å². The van der Waals surface area contributed by atoms with Gasteiger partial charge in [-0.1, -0.05) is 0 Å². The summed E-state index contributed by atoms with van der Waals surface area (Å²) in [6, 6.07) is 5.68. The second-order valence-corrected chi connectivity index (χ2v) is 8.74. The van der Waals surface area contributed by atoms with Gasteiger partial charge in [0.1, 0.15) is 18.1 Å². The molecule has 2 aromatic rings. The van der Waals surface area contributed by atoms with E-state index < -0.39 is 6.10 Å². The summed E-state index contributed by atoms with van der Waals surface area (Å²) in [6.45, 7) is 5.14. The van der Waals surface area contributed by atoms with Crippen LogP contribution in [0.2, 0.25) is 0 Å². The number of aliphatic hydroxyl groups is 2. The number of aromatic nitrogens is 1. The summed E-state index contributed by atoms with van der Waals surface area (Å²) in [5.74, 6) is 0.619. The Hall–Kier alpha value is -2.36. The van der Waals surface area contributed by atoms with Gasteiger partial charge < -0.3 is 30.5 Å². The van der Waals surface area contributed by atoms with E-state index in [9.17, 15) is 9.90 Å². The van der Waals surface area contributed by atoms with Crippen LogP contribution in [-0.4, -0.2) is 59.1 Å². The van der Waals surface area contributed by atoms with Crippen LogP contribution < -0.4 is 20.3 Å². The Kier molecular flexibility index (Phi) is 4.90. The van der Waals surface area contributed by atoms with E-state index in [1.807, 2.05) is 32.0 Å². The second kappa shape index (κ2) is 7.23. The number of hydrogen-bond donors (Lipinski definition) is 4. The quantitative estimate of drug-likeness (QED) is 0.598. The fourth-order valence-electron chi connectivity index (χ4n) is 3.39. The second-order valence-electron chi connectivity index (χ2n) is 7.68. The van der Waals surface area contributed by atoms with Crippen LogP contribution in [0, 0.1) is 0 Å². The van der Waals surface area contributed by atoms with Crippen LogP contribution in [0.15, 0.2) is 18.2 Å². The number of amides is 1. The summed E-state index contributed by atoms with van der Waals surface area (Å²) >= 11 is 1.54. The molecule has 0 saturated heterocycles. The fraction of sp³-hybridized carbons (Fsp3) is 0.474. The van der Waals surface area contributed by atoms with Crippen LogP contribution in [0.1, 0.15) is 29.2 Å². The highest BCUT2D eigenvalue weighted by Gasteiger charge is 2.34. The van der Waals surface area contributed by atoms with Gasteiger partial charge in [-0.15, -0.1) is 11.3 Å². The number of benzene rings is 1. The molecule has 150 valence electrons.